The van der Waals surface area contributed by atoms with Gasteiger partial charge in [-0.25, -0.2) is 9.59 Å². The molecule has 0 radical (unpaired) electrons. The van der Waals surface area contributed by atoms with Crippen LogP contribution in [0.5, 0.6) is 0 Å². The SMILES string of the molecule is CN1C(=O)N[C@H]2[C@@H]1NC(=O)N2C. The fourth-order valence-corrected chi connectivity index (χ4v) is 1.48. The van der Waals surface area contributed by atoms with Crippen LogP contribution in [0.2, 0.25) is 0 Å². The summed E-state index contributed by atoms with van der Waals surface area (Å²) in [7, 11) is 3.30. The molecule has 0 bridgehead atoms. The molecule has 0 saturated carbocycles. The topological polar surface area (TPSA) is 64.7 Å². The van der Waals surface area contributed by atoms with Gasteiger partial charge in [0, 0.05) is 14.1 Å². The number of amides is 4. The Labute approximate surface area is 69.5 Å². The van der Waals surface area contributed by atoms with E-state index in [1.807, 2.05) is 0 Å². The summed E-state index contributed by atoms with van der Waals surface area (Å²) in [6.07, 6.45) is -0.454. The number of nitrogens with one attached hydrogen (secondary N) is 2. The molecule has 2 N–H and O–H groups in total. The Hall–Kier alpha value is -1.46. The van der Waals surface area contributed by atoms with Crippen molar-refractivity contribution < 1.29 is 9.59 Å². The summed E-state index contributed by atoms with van der Waals surface area (Å²) in [5, 5.41) is 5.35. The Kier molecular flexibility index (Phi) is 1.22. The van der Waals surface area contributed by atoms with Crippen LogP contribution in [0.4, 0.5) is 9.59 Å². The Bertz CT molecular complexity index is 228. The van der Waals surface area contributed by atoms with Gasteiger partial charge in [0.25, 0.3) is 0 Å². The lowest BCUT2D eigenvalue weighted by Gasteiger charge is -2.15. The Morgan fingerprint density at radius 3 is 1.67 bits per heavy atom. The number of fused-ring (bicyclic) bond motifs is 1. The van der Waals surface area contributed by atoms with Crippen molar-refractivity contribution in [2.75, 3.05) is 14.1 Å². The molecule has 2 fully saturated rings. The molecule has 0 aromatic rings. The summed E-state index contributed by atoms with van der Waals surface area (Å²) in [6.45, 7) is 0. The molecule has 12 heavy (non-hydrogen) atoms. The highest BCUT2D eigenvalue weighted by Gasteiger charge is 2.47. The van der Waals surface area contributed by atoms with Crippen LogP contribution in [0.25, 0.3) is 0 Å². The number of nitrogens with zero attached hydrogens (tertiary/aromatic N) is 2. The summed E-state index contributed by atoms with van der Waals surface area (Å²) in [4.78, 5) is 25.1. The second-order valence-corrected chi connectivity index (χ2v) is 3.01. The average molecular weight is 170 g/mol. The van der Waals surface area contributed by atoms with E-state index in [0.29, 0.717) is 0 Å². The third kappa shape index (κ3) is 0.689. The number of likely N-dealkylation sites (N-methyl/N-ethyl adjacent to an activating group) is 2. The molecule has 66 valence electrons. The van der Waals surface area contributed by atoms with Gasteiger partial charge < -0.3 is 20.4 Å². The number of hydrogen-bond donors (Lipinski definition) is 2. The molecule has 6 nitrogen and oxygen atoms in total. The van der Waals surface area contributed by atoms with Crippen LogP contribution in [0.1, 0.15) is 0 Å². The zero-order valence-corrected chi connectivity index (χ0v) is 6.87. The third-order valence-corrected chi connectivity index (χ3v) is 2.32. The normalized spacial score (nSPS) is 33.5. The molecule has 0 unspecified atom stereocenters. The van der Waals surface area contributed by atoms with E-state index >= 15 is 0 Å². The van der Waals surface area contributed by atoms with Gasteiger partial charge in [0.15, 0.2) is 0 Å². The first-order chi connectivity index (χ1) is 5.61. The van der Waals surface area contributed by atoms with Crippen molar-refractivity contribution in [2.24, 2.45) is 0 Å². The largest absolute Gasteiger partial charge is 0.320 e. The van der Waals surface area contributed by atoms with Crippen LogP contribution in [-0.4, -0.2) is 48.3 Å². The van der Waals surface area contributed by atoms with Crippen molar-refractivity contribution in [2.45, 2.75) is 12.3 Å². The molecule has 0 spiro atoms. The fourth-order valence-electron chi connectivity index (χ4n) is 1.48. The molecule has 0 aromatic heterocycles. The average Bonchev–Trinajstić information content (AvgIpc) is 2.43. The molecule has 2 aliphatic heterocycles. The summed E-state index contributed by atoms with van der Waals surface area (Å²) >= 11 is 0. The van der Waals surface area contributed by atoms with E-state index in [1.165, 1.54) is 9.80 Å². The molecule has 2 heterocycles. The lowest BCUT2D eigenvalue weighted by atomic mass is 10.4. The molecular weight excluding hydrogens is 160 g/mol. The van der Waals surface area contributed by atoms with Crippen LogP contribution >= 0.6 is 0 Å². The lowest BCUT2D eigenvalue weighted by molar-refractivity contribution is 0.206. The van der Waals surface area contributed by atoms with E-state index in [9.17, 15) is 9.59 Å². The minimum atomic E-state index is -0.227. The Morgan fingerprint density at radius 1 is 1.00 bits per heavy atom. The van der Waals surface area contributed by atoms with E-state index in [4.69, 9.17) is 0 Å². The first kappa shape index (κ1) is 7.20. The standard InChI is InChI=1S/C6H10N4O2/c1-9-3-4(8-5(9)11)10(2)6(12)7-3/h3-4H,1-2H3,(H,7,12)(H,8,11)/t3-,4-/m1/s1. The van der Waals surface area contributed by atoms with Crippen LogP contribution in [-0.2, 0) is 0 Å². The van der Waals surface area contributed by atoms with Gasteiger partial charge in [-0.1, -0.05) is 0 Å². The van der Waals surface area contributed by atoms with Crippen molar-refractivity contribution in [1.82, 2.24) is 20.4 Å². The number of hydrogen-bond acceptors (Lipinski definition) is 2. The third-order valence-electron chi connectivity index (χ3n) is 2.32. The predicted molar refractivity (Wildman–Crippen MR) is 40.2 cm³/mol. The second kappa shape index (κ2) is 2.02. The van der Waals surface area contributed by atoms with Crippen molar-refractivity contribution >= 4 is 12.1 Å². The number of carbonyl (C=O) groups is 2. The van der Waals surface area contributed by atoms with Crippen molar-refractivity contribution in [3.05, 3.63) is 0 Å². The lowest BCUT2D eigenvalue weighted by Crippen LogP contribution is -2.41. The van der Waals surface area contributed by atoms with Gasteiger partial charge >= 0.3 is 12.1 Å². The molecule has 0 aliphatic carbocycles. The number of rotatable bonds is 0. The maximum atomic E-state index is 11.1. The molecule has 2 atom stereocenters. The first-order valence-corrected chi connectivity index (χ1v) is 3.68. The van der Waals surface area contributed by atoms with E-state index < -0.39 is 0 Å². The smallest absolute Gasteiger partial charge is 0.314 e. The van der Waals surface area contributed by atoms with Gasteiger partial charge in [-0.3, -0.25) is 0 Å². The van der Waals surface area contributed by atoms with Gasteiger partial charge in [-0.05, 0) is 0 Å². The minimum absolute atomic E-state index is 0.156. The maximum Gasteiger partial charge on any atom is 0.320 e. The molecule has 4 amide bonds. The van der Waals surface area contributed by atoms with Crippen LogP contribution < -0.4 is 10.6 Å². The zero-order chi connectivity index (χ0) is 8.88. The molecule has 2 saturated heterocycles. The second-order valence-electron chi connectivity index (χ2n) is 3.01. The van der Waals surface area contributed by atoms with Crippen molar-refractivity contribution in [3.63, 3.8) is 0 Å². The quantitative estimate of drug-likeness (QED) is 0.487. The van der Waals surface area contributed by atoms with E-state index in [1.54, 1.807) is 14.1 Å². The highest BCUT2D eigenvalue weighted by Crippen LogP contribution is 2.17. The predicted octanol–water partition coefficient (Wildman–Crippen LogP) is -1.05. The number of urea groups is 2. The van der Waals surface area contributed by atoms with Gasteiger partial charge in [0.05, 0.1) is 0 Å². The first-order valence-electron chi connectivity index (χ1n) is 3.68. The van der Waals surface area contributed by atoms with Gasteiger partial charge in [0.2, 0.25) is 0 Å². The van der Waals surface area contributed by atoms with E-state index in [2.05, 4.69) is 10.6 Å². The minimum Gasteiger partial charge on any atom is -0.314 e. The molecule has 6 heteroatoms. The zero-order valence-electron chi connectivity index (χ0n) is 6.87. The van der Waals surface area contributed by atoms with Crippen LogP contribution in [0.3, 0.4) is 0 Å². The molecule has 2 rings (SSSR count). The van der Waals surface area contributed by atoms with Crippen LogP contribution in [0, 0.1) is 0 Å². The Morgan fingerprint density at radius 2 is 1.33 bits per heavy atom. The molecule has 2 aliphatic rings. The maximum absolute atomic E-state index is 11.1. The highest BCUT2D eigenvalue weighted by atomic mass is 16.2. The van der Waals surface area contributed by atoms with Crippen LogP contribution in [0.15, 0.2) is 0 Å². The molecule has 0 aromatic carbocycles. The van der Waals surface area contributed by atoms with Crippen molar-refractivity contribution in [3.8, 4) is 0 Å². The van der Waals surface area contributed by atoms with Gasteiger partial charge in [0.1, 0.15) is 12.3 Å². The van der Waals surface area contributed by atoms with E-state index in [0.717, 1.165) is 0 Å². The van der Waals surface area contributed by atoms with Crippen molar-refractivity contribution in [1.29, 1.82) is 0 Å². The number of carbonyl (C=O) groups excluding carboxylic acids is 2. The summed E-state index contributed by atoms with van der Waals surface area (Å²) < 4.78 is 0. The highest BCUT2D eigenvalue weighted by molar-refractivity contribution is 5.84. The summed E-state index contributed by atoms with van der Waals surface area (Å²) in [5.41, 5.74) is 0. The summed E-state index contributed by atoms with van der Waals surface area (Å²) in [5.74, 6) is 0. The van der Waals surface area contributed by atoms with Gasteiger partial charge in [-0.2, -0.15) is 0 Å². The fraction of sp³-hybridized carbons (Fsp3) is 0.667. The van der Waals surface area contributed by atoms with E-state index in [-0.39, 0.29) is 24.4 Å². The van der Waals surface area contributed by atoms with Gasteiger partial charge in [-0.15, -0.1) is 0 Å². The monoisotopic (exact) mass is 170 g/mol. The summed E-state index contributed by atoms with van der Waals surface area (Å²) in [6, 6.07) is -0.311. The molecular formula is C6H10N4O2. The Balaban J connectivity index is 2.24.